The molecule has 0 spiro atoms. The van der Waals surface area contributed by atoms with E-state index >= 15 is 0 Å². The van der Waals surface area contributed by atoms with Gasteiger partial charge in [0.05, 0.1) is 16.5 Å². The smallest absolute Gasteiger partial charge is 0.202 e. The number of hydrogen-bond donors (Lipinski definition) is 1. The summed E-state index contributed by atoms with van der Waals surface area (Å²) in [6.45, 7) is 5.37. The number of ketones is 2. The van der Waals surface area contributed by atoms with E-state index in [4.69, 9.17) is 9.15 Å². The molecule has 2 unspecified atom stereocenters. The zero-order valence-electron chi connectivity index (χ0n) is 16.6. The second kappa shape index (κ2) is 6.00. The third-order valence-corrected chi connectivity index (χ3v) is 5.90. The summed E-state index contributed by atoms with van der Waals surface area (Å²) in [6.07, 6.45) is 3.47. The lowest BCUT2D eigenvalue weighted by atomic mass is 9.81. The predicted octanol–water partition coefficient (Wildman–Crippen LogP) is 3.77. The van der Waals surface area contributed by atoms with Crippen LogP contribution in [0.2, 0.25) is 0 Å². The number of phenolic OH excluding ortho intramolecular Hbond substituents is 1. The molecule has 2 aromatic carbocycles. The molecule has 1 saturated heterocycles. The first kappa shape index (κ1) is 18.5. The van der Waals surface area contributed by atoms with E-state index in [1.54, 1.807) is 19.9 Å². The lowest BCUT2D eigenvalue weighted by Gasteiger charge is -2.20. The Balaban J connectivity index is 1.84. The zero-order chi connectivity index (χ0) is 21.4. The van der Waals surface area contributed by atoms with Crippen LogP contribution in [-0.2, 0) is 10.3 Å². The lowest BCUT2D eigenvalue weighted by molar-refractivity contribution is 0.0977. The van der Waals surface area contributed by atoms with Crippen molar-refractivity contribution >= 4 is 22.5 Å². The number of carbonyl (C=O) groups is 2. The number of fused-ring (bicyclic) bond motifs is 4. The quantitative estimate of drug-likeness (QED) is 0.405. The van der Waals surface area contributed by atoms with Gasteiger partial charge in [-0.25, -0.2) is 0 Å². The van der Waals surface area contributed by atoms with Gasteiger partial charge < -0.3 is 14.3 Å². The maximum absolute atomic E-state index is 13.3. The predicted molar refractivity (Wildman–Crippen MR) is 109 cm³/mol. The van der Waals surface area contributed by atoms with Crippen LogP contribution in [0.15, 0.2) is 51.7 Å². The SMILES string of the molecule is CC=CC1OC1(C)c1cc(=O)c2c(C)cc3c(c2o1)C(=O)c1c(O)cccc1C3=O. The molecule has 30 heavy (non-hydrogen) atoms. The second-order valence-electron chi connectivity index (χ2n) is 7.82. The van der Waals surface area contributed by atoms with Gasteiger partial charge in [-0.15, -0.1) is 0 Å². The summed E-state index contributed by atoms with van der Waals surface area (Å²) in [4.78, 5) is 39.4. The Morgan fingerprint density at radius 1 is 1.07 bits per heavy atom. The molecule has 2 atom stereocenters. The molecular formula is C24H18O6. The molecule has 5 rings (SSSR count). The average molecular weight is 402 g/mol. The van der Waals surface area contributed by atoms with E-state index in [0.717, 1.165) is 0 Å². The fourth-order valence-electron chi connectivity index (χ4n) is 4.24. The van der Waals surface area contributed by atoms with Gasteiger partial charge in [-0.1, -0.05) is 24.3 Å². The van der Waals surface area contributed by atoms with Crippen LogP contribution in [0, 0.1) is 6.92 Å². The van der Waals surface area contributed by atoms with Gasteiger partial charge in [0.25, 0.3) is 0 Å². The number of ether oxygens (including phenoxy) is 1. The van der Waals surface area contributed by atoms with E-state index in [2.05, 4.69) is 0 Å². The molecule has 0 radical (unpaired) electrons. The van der Waals surface area contributed by atoms with Gasteiger partial charge >= 0.3 is 0 Å². The van der Waals surface area contributed by atoms with Crippen molar-refractivity contribution in [1.29, 1.82) is 0 Å². The van der Waals surface area contributed by atoms with Gasteiger partial charge in [0.2, 0.25) is 5.78 Å². The van der Waals surface area contributed by atoms with Crippen molar-refractivity contribution in [3.05, 3.63) is 86.3 Å². The van der Waals surface area contributed by atoms with E-state index in [-0.39, 0.29) is 50.5 Å². The van der Waals surface area contributed by atoms with Crippen LogP contribution in [-0.4, -0.2) is 22.8 Å². The maximum atomic E-state index is 13.3. The molecule has 2 heterocycles. The van der Waals surface area contributed by atoms with E-state index in [0.29, 0.717) is 11.3 Å². The third-order valence-electron chi connectivity index (χ3n) is 5.90. The zero-order valence-corrected chi connectivity index (χ0v) is 16.6. The molecule has 6 nitrogen and oxygen atoms in total. The van der Waals surface area contributed by atoms with Gasteiger partial charge in [-0.05, 0) is 38.5 Å². The molecule has 6 heteroatoms. The largest absolute Gasteiger partial charge is 0.507 e. The van der Waals surface area contributed by atoms with E-state index in [1.807, 2.05) is 19.1 Å². The lowest BCUT2D eigenvalue weighted by Crippen LogP contribution is -2.23. The average Bonchev–Trinajstić information content (AvgIpc) is 3.36. The molecule has 2 aliphatic rings. The third kappa shape index (κ3) is 2.31. The highest BCUT2D eigenvalue weighted by molar-refractivity contribution is 6.32. The Labute approximate surface area is 171 Å². The van der Waals surface area contributed by atoms with Crippen LogP contribution >= 0.6 is 0 Å². The monoisotopic (exact) mass is 402 g/mol. The molecule has 1 N–H and O–H groups in total. The summed E-state index contributed by atoms with van der Waals surface area (Å²) in [5.74, 6) is -0.933. The standard InChI is InChI=1S/C24H18O6/c1-4-6-16-24(3,30-16)17-10-15(26)18-11(2)9-13-20(23(18)29-17)22(28)19-12(21(13)27)7-5-8-14(19)25/h4-10,16,25H,1-3H3. The van der Waals surface area contributed by atoms with Crippen LogP contribution in [0.25, 0.3) is 11.0 Å². The van der Waals surface area contributed by atoms with Crippen molar-refractivity contribution in [2.45, 2.75) is 32.5 Å². The molecule has 1 aliphatic heterocycles. The van der Waals surface area contributed by atoms with Gasteiger partial charge in [0.1, 0.15) is 23.2 Å². The van der Waals surface area contributed by atoms with E-state index < -0.39 is 17.2 Å². The van der Waals surface area contributed by atoms with Crippen molar-refractivity contribution < 1.29 is 23.8 Å². The van der Waals surface area contributed by atoms with Crippen molar-refractivity contribution in [3.8, 4) is 5.75 Å². The first-order valence-electron chi connectivity index (χ1n) is 9.62. The summed E-state index contributed by atoms with van der Waals surface area (Å²) in [5.41, 5.74) is -0.319. The van der Waals surface area contributed by atoms with Crippen molar-refractivity contribution in [2.24, 2.45) is 0 Å². The Hall–Kier alpha value is -3.51. The molecule has 1 aromatic heterocycles. The molecule has 0 amide bonds. The highest BCUT2D eigenvalue weighted by Crippen LogP contribution is 2.47. The molecule has 0 bridgehead atoms. The van der Waals surface area contributed by atoms with Crippen LogP contribution in [0.4, 0.5) is 0 Å². The van der Waals surface area contributed by atoms with E-state index in [1.165, 1.54) is 24.3 Å². The highest BCUT2D eigenvalue weighted by atomic mass is 16.6. The molecule has 3 aromatic rings. The van der Waals surface area contributed by atoms with Gasteiger partial charge in [0.15, 0.2) is 16.8 Å². The minimum absolute atomic E-state index is 0.000355. The number of aromatic hydroxyl groups is 1. The maximum Gasteiger partial charge on any atom is 0.202 e. The summed E-state index contributed by atoms with van der Waals surface area (Å²) < 4.78 is 11.8. The Kier molecular flexibility index (Phi) is 3.70. The van der Waals surface area contributed by atoms with Gasteiger partial charge in [-0.3, -0.25) is 14.4 Å². The van der Waals surface area contributed by atoms with Crippen molar-refractivity contribution in [2.75, 3.05) is 0 Å². The number of benzene rings is 2. The first-order valence-corrected chi connectivity index (χ1v) is 9.62. The van der Waals surface area contributed by atoms with Crippen LogP contribution in [0.3, 0.4) is 0 Å². The minimum atomic E-state index is -0.821. The number of epoxide rings is 1. The topological polar surface area (TPSA) is 97.1 Å². The molecule has 0 saturated carbocycles. The number of carbonyl (C=O) groups excluding carboxylic acids is 2. The number of phenols is 1. The molecule has 1 aliphatic carbocycles. The number of hydrogen-bond acceptors (Lipinski definition) is 6. The highest BCUT2D eigenvalue weighted by Gasteiger charge is 2.54. The normalized spacial score (nSPS) is 22.4. The van der Waals surface area contributed by atoms with Crippen LogP contribution < -0.4 is 5.43 Å². The first-order chi connectivity index (χ1) is 14.3. The molecular weight excluding hydrogens is 384 g/mol. The Morgan fingerprint density at radius 3 is 2.57 bits per heavy atom. The number of allylic oxidation sites excluding steroid dienone is 1. The second-order valence-corrected chi connectivity index (χ2v) is 7.82. The fourth-order valence-corrected chi connectivity index (χ4v) is 4.24. The minimum Gasteiger partial charge on any atom is -0.507 e. The summed E-state index contributed by atoms with van der Waals surface area (Å²) in [6, 6.07) is 7.30. The summed E-state index contributed by atoms with van der Waals surface area (Å²) in [7, 11) is 0. The summed E-state index contributed by atoms with van der Waals surface area (Å²) >= 11 is 0. The van der Waals surface area contributed by atoms with Crippen molar-refractivity contribution in [1.82, 2.24) is 0 Å². The number of aryl methyl sites for hydroxylation is 1. The molecule has 150 valence electrons. The van der Waals surface area contributed by atoms with Gasteiger partial charge in [-0.2, -0.15) is 0 Å². The molecule has 1 fully saturated rings. The Bertz CT molecular complexity index is 1380. The van der Waals surface area contributed by atoms with Crippen molar-refractivity contribution in [3.63, 3.8) is 0 Å². The Morgan fingerprint density at radius 2 is 1.83 bits per heavy atom. The van der Waals surface area contributed by atoms with E-state index in [9.17, 15) is 19.5 Å². The fraction of sp³-hybridized carbons (Fsp3) is 0.208. The van der Waals surface area contributed by atoms with Gasteiger partial charge in [0, 0.05) is 17.2 Å². The van der Waals surface area contributed by atoms with Crippen LogP contribution in [0.1, 0.15) is 57.0 Å². The number of rotatable bonds is 2. The summed E-state index contributed by atoms with van der Waals surface area (Å²) in [5, 5.41) is 10.5. The van der Waals surface area contributed by atoms with Crippen LogP contribution in [0.5, 0.6) is 5.75 Å².